The highest BCUT2D eigenvalue weighted by Crippen LogP contribution is 2.14. The molecule has 0 spiro atoms. The first-order valence-electron chi connectivity index (χ1n) is 10.2. The quantitative estimate of drug-likeness (QED) is 0.326. The summed E-state index contributed by atoms with van der Waals surface area (Å²) in [4.78, 5) is 7.09. The second kappa shape index (κ2) is 12.5. The molecule has 30 heavy (non-hydrogen) atoms. The average Bonchev–Trinajstić information content (AvgIpc) is 3.25. The Bertz CT molecular complexity index is 870. The van der Waals surface area contributed by atoms with Crippen molar-refractivity contribution in [3.05, 3.63) is 70.5 Å². The number of likely N-dealkylation sites (tertiary alicyclic amines) is 1. The molecule has 1 aliphatic rings. The third kappa shape index (κ3) is 7.26. The highest BCUT2D eigenvalue weighted by atomic mass is 127. The number of hydrogen-bond donors (Lipinski definition) is 2. The van der Waals surface area contributed by atoms with Crippen molar-refractivity contribution in [3.63, 3.8) is 0 Å². The van der Waals surface area contributed by atoms with Crippen LogP contribution in [0.4, 0.5) is 4.39 Å². The van der Waals surface area contributed by atoms with Gasteiger partial charge in [-0.05, 0) is 56.1 Å². The minimum Gasteiger partial charge on any atom is -0.357 e. The third-order valence-electron chi connectivity index (χ3n) is 5.02. The van der Waals surface area contributed by atoms with E-state index in [1.807, 2.05) is 13.0 Å². The number of halogens is 2. The van der Waals surface area contributed by atoms with Gasteiger partial charge in [0.15, 0.2) is 5.96 Å². The van der Waals surface area contributed by atoms with E-state index in [2.05, 4.69) is 44.8 Å². The van der Waals surface area contributed by atoms with Crippen LogP contribution in [0.15, 0.2) is 47.5 Å². The zero-order valence-corrected chi connectivity index (χ0v) is 19.7. The maximum atomic E-state index is 14.1. The molecule has 2 aromatic carbocycles. The first-order chi connectivity index (χ1) is 14.2. The molecule has 0 radical (unpaired) electrons. The van der Waals surface area contributed by atoms with Crippen molar-refractivity contribution < 1.29 is 4.39 Å². The molecule has 2 aromatic rings. The third-order valence-corrected chi connectivity index (χ3v) is 5.02. The Kier molecular flexibility index (Phi) is 10.0. The Balaban J connectivity index is 0.00000320. The lowest BCUT2D eigenvalue weighted by Gasteiger charge is -2.14. The number of nitrogens with zero attached hydrogens (tertiary/aromatic N) is 3. The van der Waals surface area contributed by atoms with Crippen LogP contribution >= 0.6 is 24.0 Å². The fraction of sp³-hybridized carbons (Fsp3) is 0.391. The molecule has 1 fully saturated rings. The highest BCUT2D eigenvalue weighted by Gasteiger charge is 2.11. The molecule has 0 atom stereocenters. The van der Waals surface area contributed by atoms with Crippen LogP contribution in [0.5, 0.6) is 0 Å². The Labute approximate surface area is 195 Å². The van der Waals surface area contributed by atoms with Gasteiger partial charge in [0.2, 0.25) is 0 Å². The average molecular weight is 521 g/mol. The van der Waals surface area contributed by atoms with Crippen molar-refractivity contribution in [2.24, 2.45) is 4.99 Å². The van der Waals surface area contributed by atoms with Crippen LogP contribution in [0.2, 0.25) is 0 Å². The van der Waals surface area contributed by atoms with Crippen molar-refractivity contribution >= 4 is 29.9 Å². The molecule has 0 amide bonds. The van der Waals surface area contributed by atoms with Gasteiger partial charge in [0.05, 0.1) is 18.2 Å². The van der Waals surface area contributed by atoms with E-state index in [4.69, 9.17) is 5.26 Å². The normalized spacial score (nSPS) is 14.1. The van der Waals surface area contributed by atoms with E-state index in [-0.39, 0.29) is 29.8 Å². The fourth-order valence-electron chi connectivity index (χ4n) is 3.40. The summed E-state index contributed by atoms with van der Waals surface area (Å²) in [5, 5.41) is 15.2. The molecule has 7 heteroatoms. The summed E-state index contributed by atoms with van der Waals surface area (Å²) in [6, 6.07) is 15.0. The standard InChI is InChI=1S/C23H28FN5.HI/c1-2-26-23(28-16-21-10-9-20(14-25)13-22(21)24)27-15-18-5-7-19(8-6-18)17-29-11-3-4-12-29;/h5-10,13H,2-4,11-12,15-17H2,1H3,(H2,26,27,28);1H. The fourth-order valence-corrected chi connectivity index (χ4v) is 3.40. The van der Waals surface area contributed by atoms with Gasteiger partial charge in [-0.2, -0.15) is 5.26 Å². The van der Waals surface area contributed by atoms with Gasteiger partial charge in [-0.15, -0.1) is 24.0 Å². The number of guanidine groups is 1. The van der Waals surface area contributed by atoms with Gasteiger partial charge in [-0.3, -0.25) is 4.90 Å². The lowest BCUT2D eigenvalue weighted by molar-refractivity contribution is 0.331. The second-order valence-corrected chi connectivity index (χ2v) is 7.27. The SMILES string of the molecule is CCNC(=NCc1ccc(CN2CCCC2)cc1)NCc1ccc(C#N)cc1F.I. The summed E-state index contributed by atoms with van der Waals surface area (Å²) in [5.41, 5.74) is 3.29. The maximum Gasteiger partial charge on any atom is 0.191 e. The van der Waals surface area contributed by atoms with E-state index in [1.165, 1.54) is 37.6 Å². The second-order valence-electron chi connectivity index (χ2n) is 7.27. The Morgan fingerprint density at radius 1 is 1.10 bits per heavy atom. The predicted octanol–water partition coefficient (Wildman–Crippen LogP) is 4.17. The highest BCUT2D eigenvalue weighted by molar-refractivity contribution is 14.0. The van der Waals surface area contributed by atoms with Crippen molar-refractivity contribution in [1.82, 2.24) is 15.5 Å². The number of nitriles is 1. The Hall–Kier alpha value is -2.18. The number of rotatable bonds is 7. The zero-order valence-electron chi connectivity index (χ0n) is 17.3. The Morgan fingerprint density at radius 3 is 2.43 bits per heavy atom. The smallest absolute Gasteiger partial charge is 0.191 e. The van der Waals surface area contributed by atoms with Gasteiger partial charge in [0.25, 0.3) is 0 Å². The van der Waals surface area contributed by atoms with Gasteiger partial charge in [0, 0.05) is 25.2 Å². The largest absolute Gasteiger partial charge is 0.357 e. The van der Waals surface area contributed by atoms with Gasteiger partial charge in [-0.25, -0.2) is 9.38 Å². The van der Waals surface area contributed by atoms with Crippen LogP contribution in [-0.2, 0) is 19.6 Å². The Morgan fingerprint density at radius 2 is 1.80 bits per heavy atom. The van der Waals surface area contributed by atoms with E-state index in [1.54, 1.807) is 12.1 Å². The topological polar surface area (TPSA) is 63.5 Å². The van der Waals surface area contributed by atoms with Crippen LogP contribution in [0.1, 0.15) is 42.0 Å². The summed E-state index contributed by atoms with van der Waals surface area (Å²) in [5.74, 6) is 0.249. The van der Waals surface area contributed by atoms with Crippen molar-refractivity contribution in [2.75, 3.05) is 19.6 Å². The molecule has 160 valence electrons. The minimum atomic E-state index is -0.388. The monoisotopic (exact) mass is 521 g/mol. The molecule has 3 rings (SSSR count). The molecule has 2 N–H and O–H groups in total. The molecule has 1 heterocycles. The number of aliphatic imine (C=N–C) groups is 1. The summed E-state index contributed by atoms with van der Waals surface area (Å²) in [6.07, 6.45) is 2.61. The van der Waals surface area contributed by atoms with Gasteiger partial charge < -0.3 is 10.6 Å². The minimum absolute atomic E-state index is 0. The molecule has 0 saturated carbocycles. The molecule has 0 aromatic heterocycles. The lowest BCUT2D eigenvalue weighted by atomic mass is 10.1. The van der Waals surface area contributed by atoms with E-state index in [0.717, 1.165) is 18.7 Å². The van der Waals surface area contributed by atoms with Crippen LogP contribution < -0.4 is 10.6 Å². The van der Waals surface area contributed by atoms with Crippen molar-refractivity contribution in [1.29, 1.82) is 5.26 Å². The number of benzene rings is 2. The molecule has 0 bridgehead atoms. The summed E-state index contributed by atoms with van der Waals surface area (Å²) >= 11 is 0. The number of nitrogens with one attached hydrogen (secondary N) is 2. The van der Waals surface area contributed by atoms with Crippen LogP contribution in [0.3, 0.4) is 0 Å². The van der Waals surface area contributed by atoms with Crippen molar-refractivity contribution in [2.45, 2.75) is 39.4 Å². The molecule has 1 aliphatic heterocycles. The molecule has 0 unspecified atom stereocenters. The van der Waals surface area contributed by atoms with Crippen molar-refractivity contribution in [3.8, 4) is 6.07 Å². The molecular weight excluding hydrogens is 492 g/mol. The predicted molar refractivity (Wildman–Crippen MR) is 129 cm³/mol. The zero-order chi connectivity index (χ0) is 20.5. The van der Waals surface area contributed by atoms with E-state index < -0.39 is 0 Å². The van der Waals surface area contributed by atoms with E-state index >= 15 is 0 Å². The van der Waals surface area contributed by atoms with E-state index in [0.29, 0.717) is 30.2 Å². The molecule has 0 aliphatic carbocycles. The summed E-state index contributed by atoms with van der Waals surface area (Å²) in [6.45, 7) is 6.98. The maximum absolute atomic E-state index is 14.1. The molecule has 1 saturated heterocycles. The van der Waals surface area contributed by atoms with Crippen LogP contribution in [-0.4, -0.2) is 30.5 Å². The van der Waals surface area contributed by atoms with Crippen LogP contribution in [0.25, 0.3) is 0 Å². The summed E-state index contributed by atoms with van der Waals surface area (Å²) < 4.78 is 14.1. The first kappa shape index (κ1) is 24.1. The number of hydrogen-bond acceptors (Lipinski definition) is 3. The summed E-state index contributed by atoms with van der Waals surface area (Å²) in [7, 11) is 0. The van der Waals surface area contributed by atoms with Gasteiger partial charge in [-0.1, -0.05) is 30.3 Å². The lowest BCUT2D eigenvalue weighted by Crippen LogP contribution is -2.37. The van der Waals surface area contributed by atoms with Crippen LogP contribution in [0, 0.1) is 17.1 Å². The first-order valence-corrected chi connectivity index (χ1v) is 10.2. The molecular formula is C23H29FIN5. The van der Waals surface area contributed by atoms with Gasteiger partial charge in [0.1, 0.15) is 5.82 Å². The van der Waals surface area contributed by atoms with Gasteiger partial charge >= 0.3 is 0 Å². The van der Waals surface area contributed by atoms with E-state index in [9.17, 15) is 4.39 Å². The molecule has 5 nitrogen and oxygen atoms in total.